The minimum atomic E-state index is -1.21. The van der Waals surface area contributed by atoms with Crippen LogP contribution < -0.4 is 0 Å². The highest BCUT2D eigenvalue weighted by atomic mass is 16.6. The van der Waals surface area contributed by atoms with Crippen molar-refractivity contribution in [3.05, 3.63) is 34.3 Å². The van der Waals surface area contributed by atoms with E-state index in [9.17, 15) is 24.6 Å². The van der Waals surface area contributed by atoms with Gasteiger partial charge in [-0.25, -0.2) is 4.79 Å². The molecule has 216 valence electrons. The number of ketones is 1. The minimum Gasteiger partial charge on any atom is -0.504 e. The third-order valence-corrected chi connectivity index (χ3v) is 9.21. The second-order valence-corrected chi connectivity index (χ2v) is 11.9. The predicted octanol–water partition coefficient (Wildman–Crippen LogP) is 2.14. The topological polar surface area (TPSA) is 126 Å². The van der Waals surface area contributed by atoms with Crippen molar-refractivity contribution in [1.29, 1.82) is 0 Å². The SMILES string of the molecule is CCN(/C=C1/C(=O)O[C@H](COC)[C@@]2(C)C1=C(O)C(=O)C1=C2[C@H](OC(C)=O)C[C@]2(C)[C@@H](O)CC[C@@H]12)CCN(C)C. The van der Waals surface area contributed by atoms with Gasteiger partial charge in [0, 0.05) is 56.4 Å². The van der Waals surface area contributed by atoms with Crippen molar-refractivity contribution in [2.24, 2.45) is 16.7 Å². The number of nitrogens with zero attached hydrogens (tertiary/aromatic N) is 2. The molecule has 2 fully saturated rings. The zero-order chi connectivity index (χ0) is 28.9. The fourth-order valence-corrected chi connectivity index (χ4v) is 7.10. The lowest BCUT2D eigenvalue weighted by atomic mass is 9.53. The van der Waals surface area contributed by atoms with E-state index in [1.165, 1.54) is 14.0 Å². The number of Topliss-reactive ketones (excluding diaryl/α,β-unsaturated/α-hetero) is 1. The van der Waals surface area contributed by atoms with Crippen LogP contribution in [0.1, 0.15) is 47.0 Å². The Balaban J connectivity index is 1.96. The first-order valence-electron chi connectivity index (χ1n) is 13.7. The summed E-state index contributed by atoms with van der Waals surface area (Å²) in [5, 5.41) is 22.5. The predicted molar refractivity (Wildman–Crippen MR) is 142 cm³/mol. The van der Waals surface area contributed by atoms with Gasteiger partial charge in [0.25, 0.3) is 0 Å². The number of fused-ring (bicyclic) bond motifs is 4. The molecule has 1 heterocycles. The Kier molecular flexibility index (Phi) is 8.04. The molecule has 0 radical (unpaired) electrons. The number of esters is 2. The zero-order valence-electron chi connectivity index (χ0n) is 24.1. The Labute approximate surface area is 230 Å². The van der Waals surface area contributed by atoms with Crippen LogP contribution in [0.2, 0.25) is 0 Å². The molecule has 0 aromatic rings. The van der Waals surface area contributed by atoms with E-state index < -0.39 is 52.6 Å². The monoisotopic (exact) mass is 546 g/mol. The van der Waals surface area contributed by atoms with E-state index in [1.807, 2.05) is 44.7 Å². The first kappa shape index (κ1) is 29.3. The van der Waals surface area contributed by atoms with Crippen LogP contribution in [0.15, 0.2) is 34.3 Å². The van der Waals surface area contributed by atoms with Gasteiger partial charge in [0.2, 0.25) is 5.78 Å². The number of methoxy groups -OCH3 is 1. The van der Waals surface area contributed by atoms with Crippen LogP contribution in [0, 0.1) is 16.7 Å². The molecule has 0 amide bonds. The van der Waals surface area contributed by atoms with Gasteiger partial charge in [-0.05, 0) is 58.7 Å². The zero-order valence-corrected chi connectivity index (χ0v) is 24.1. The van der Waals surface area contributed by atoms with Crippen molar-refractivity contribution in [3.8, 4) is 0 Å². The summed E-state index contributed by atoms with van der Waals surface area (Å²) in [5.41, 5.74) is -0.762. The molecule has 4 aliphatic rings. The highest BCUT2D eigenvalue weighted by molar-refractivity contribution is 6.13. The number of allylic oxidation sites excluding steroid dienone is 1. The largest absolute Gasteiger partial charge is 0.504 e. The average Bonchev–Trinajstić information content (AvgIpc) is 3.15. The van der Waals surface area contributed by atoms with Gasteiger partial charge in [0.1, 0.15) is 12.2 Å². The highest BCUT2D eigenvalue weighted by Gasteiger charge is 2.64. The van der Waals surface area contributed by atoms with E-state index in [0.29, 0.717) is 43.5 Å². The van der Waals surface area contributed by atoms with Crippen LogP contribution in [0.4, 0.5) is 0 Å². The van der Waals surface area contributed by atoms with Crippen LogP contribution in [-0.2, 0) is 28.6 Å². The lowest BCUT2D eigenvalue weighted by molar-refractivity contribution is -0.161. The first-order chi connectivity index (χ1) is 18.3. The van der Waals surface area contributed by atoms with E-state index in [1.54, 1.807) is 6.20 Å². The molecule has 1 aliphatic heterocycles. The van der Waals surface area contributed by atoms with Gasteiger partial charge in [0.05, 0.1) is 23.7 Å². The number of likely N-dealkylation sites (N-methyl/N-ethyl adjacent to an activating group) is 2. The van der Waals surface area contributed by atoms with E-state index >= 15 is 0 Å². The van der Waals surface area contributed by atoms with Crippen LogP contribution in [0.3, 0.4) is 0 Å². The summed E-state index contributed by atoms with van der Waals surface area (Å²) in [6, 6.07) is 0. The number of ether oxygens (including phenoxy) is 3. The maximum Gasteiger partial charge on any atom is 0.340 e. The molecule has 0 aromatic heterocycles. The Morgan fingerprint density at radius 1 is 1.21 bits per heavy atom. The molecule has 2 N–H and O–H groups in total. The van der Waals surface area contributed by atoms with Crippen molar-refractivity contribution in [2.75, 3.05) is 47.4 Å². The maximum absolute atomic E-state index is 14.0. The van der Waals surface area contributed by atoms with Gasteiger partial charge in [-0.1, -0.05) is 6.92 Å². The van der Waals surface area contributed by atoms with Gasteiger partial charge < -0.3 is 34.2 Å². The molecule has 1 saturated carbocycles. The number of aliphatic hydroxyl groups excluding tert-OH is 2. The van der Waals surface area contributed by atoms with E-state index in [4.69, 9.17) is 14.2 Å². The molecule has 10 heteroatoms. The van der Waals surface area contributed by atoms with Gasteiger partial charge in [-0.2, -0.15) is 0 Å². The van der Waals surface area contributed by atoms with Crippen LogP contribution in [0.25, 0.3) is 0 Å². The summed E-state index contributed by atoms with van der Waals surface area (Å²) in [6.45, 7) is 8.94. The number of hydrogen-bond donors (Lipinski definition) is 2. The number of cyclic esters (lactones) is 1. The Morgan fingerprint density at radius 2 is 1.90 bits per heavy atom. The summed E-state index contributed by atoms with van der Waals surface area (Å²) in [6.07, 6.45) is 0.594. The van der Waals surface area contributed by atoms with Crippen molar-refractivity contribution in [3.63, 3.8) is 0 Å². The van der Waals surface area contributed by atoms with Crippen LogP contribution in [-0.4, -0.2) is 103 Å². The fourth-order valence-electron chi connectivity index (χ4n) is 7.10. The summed E-state index contributed by atoms with van der Waals surface area (Å²) >= 11 is 0. The van der Waals surface area contributed by atoms with Gasteiger partial charge in [-0.15, -0.1) is 0 Å². The Hall–Kier alpha value is -2.69. The third kappa shape index (κ3) is 4.70. The lowest BCUT2D eigenvalue weighted by Gasteiger charge is -2.54. The molecule has 3 aliphatic carbocycles. The Bertz CT molecular complexity index is 1140. The summed E-state index contributed by atoms with van der Waals surface area (Å²) in [5.74, 6) is -2.62. The summed E-state index contributed by atoms with van der Waals surface area (Å²) in [7, 11) is 5.40. The molecular formula is C29H42N2O8. The van der Waals surface area contributed by atoms with Gasteiger partial charge in [-0.3, -0.25) is 9.59 Å². The van der Waals surface area contributed by atoms with E-state index in [0.717, 1.165) is 6.54 Å². The summed E-state index contributed by atoms with van der Waals surface area (Å²) in [4.78, 5) is 43.8. The second kappa shape index (κ2) is 10.7. The number of carbonyl (C=O) groups is 3. The molecule has 10 nitrogen and oxygen atoms in total. The Morgan fingerprint density at radius 3 is 2.49 bits per heavy atom. The van der Waals surface area contributed by atoms with Crippen molar-refractivity contribution >= 4 is 17.7 Å². The molecule has 0 spiro atoms. The molecule has 1 saturated heterocycles. The molecule has 0 bridgehead atoms. The molecule has 4 rings (SSSR count). The molecule has 39 heavy (non-hydrogen) atoms. The van der Waals surface area contributed by atoms with Crippen molar-refractivity contribution in [1.82, 2.24) is 9.80 Å². The number of aliphatic hydroxyl groups is 2. The fraction of sp³-hybridized carbons (Fsp3) is 0.690. The molecule has 0 unspecified atom stereocenters. The average molecular weight is 547 g/mol. The van der Waals surface area contributed by atoms with Crippen molar-refractivity contribution < 1.29 is 38.8 Å². The van der Waals surface area contributed by atoms with Crippen LogP contribution >= 0.6 is 0 Å². The van der Waals surface area contributed by atoms with Crippen LogP contribution in [0.5, 0.6) is 0 Å². The number of hydrogen-bond acceptors (Lipinski definition) is 10. The van der Waals surface area contributed by atoms with Crippen molar-refractivity contribution in [2.45, 2.75) is 65.3 Å². The normalized spacial score (nSPS) is 35.2. The van der Waals surface area contributed by atoms with Gasteiger partial charge in [0.15, 0.2) is 5.76 Å². The third-order valence-electron chi connectivity index (χ3n) is 9.21. The number of carbonyl (C=O) groups excluding carboxylic acids is 3. The maximum atomic E-state index is 14.0. The lowest BCUT2D eigenvalue weighted by Crippen LogP contribution is -2.57. The minimum absolute atomic E-state index is 0.00669. The number of rotatable bonds is 8. The van der Waals surface area contributed by atoms with E-state index in [-0.39, 0.29) is 23.7 Å². The molecule has 6 atom stereocenters. The molecular weight excluding hydrogens is 504 g/mol. The highest BCUT2D eigenvalue weighted by Crippen LogP contribution is 2.63. The first-order valence-corrected chi connectivity index (χ1v) is 13.7. The summed E-state index contributed by atoms with van der Waals surface area (Å²) < 4.78 is 17.3. The smallest absolute Gasteiger partial charge is 0.340 e. The molecule has 0 aromatic carbocycles. The van der Waals surface area contributed by atoms with Gasteiger partial charge >= 0.3 is 11.9 Å². The second-order valence-electron chi connectivity index (χ2n) is 11.9. The quantitative estimate of drug-likeness (QED) is 0.345. The standard InChI is InChI=1S/C29H42N2O8/c1-8-31(12-11-30(5)6)14-17-23-26(35)25(34)22-18-9-10-20(33)28(18,3)13-19(38-16(2)32)24(22)29(23,4)21(15-37-7)39-27(17)36/h14,18-21,33,35H,8-13,15H2,1-7H3/b17-14+/t18-,19+,20-,21+,28-,29-/m0/s1. The van der Waals surface area contributed by atoms with E-state index in [2.05, 4.69) is 0 Å².